The summed E-state index contributed by atoms with van der Waals surface area (Å²) >= 11 is 0. The summed E-state index contributed by atoms with van der Waals surface area (Å²) in [6.45, 7) is 3.28. The van der Waals surface area contributed by atoms with Crippen molar-refractivity contribution in [3.63, 3.8) is 0 Å². The van der Waals surface area contributed by atoms with Crippen molar-refractivity contribution in [2.24, 2.45) is 17.3 Å². The van der Waals surface area contributed by atoms with Crippen LogP contribution in [0, 0.1) is 17.3 Å². The molecule has 2 amide bonds. The molecule has 132 valence electrons. The molecule has 2 unspecified atom stereocenters. The van der Waals surface area contributed by atoms with Crippen LogP contribution in [-0.2, 0) is 4.79 Å². The van der Waals surface area contributed by atoms with Crippen LogP contribution in [0.3, 0.4) is 0 Å². The largest absolute Gasteiger partial charge is 0.481 e. The van der Waals surface area contributed by atoms with Gasteiger partial charge in [-0.1, -0.05) is 26.7 Å². The van der Waals surface area contributed by atoms with Crippen LogP contribution in [-0.4, -0.2) is 47.3 Å². The van der Waals surface area contributed by atoms with Crippen molar-refractivity contribution >= 4 is 12.0 Å². The van der Waals surface area contributed by atoms with Crippen LogP contribution < -0.4 is 5.32 Å². The standard InChI is InChI=1S/C15H23F3N2O3/c1-3-9(2)11(15(16,17)18)19-13(23)20-7-10-5-4-6-14(10,8-20)12(21)22/h9-11H,3-8H2,1-2H3,(H,19,23)(H,21,22)/t9?,10-,11?,14+/m0/s1. The fourth-order valence-corrected chi connectivity index (χ4v) is 3.80. The third kappa shape index (κ3) is 3.26. The molecule has 2 rings (SSSR count). The highest BCUT2D eigenvalue weighted by Gasteiger charge is 2.56. The third-order valence-corrected chi connectivity index (χ3v) is 5.43. The highest BCUT2D eigenvalue weighted by Crippen LogP contribution is 2.48. The van der Waals surface area contributed by atoms with Gasteiger partial charge in [0.1, 0.15) is 6.04 Å². The van der Waals surface area contributed by atoms with Gasteiger partial charge in [-0.25, -0.2) is 4.79 Å². The van der Waals surface area contributed by atoms with E-state index in [9.17, 15) is 27.9 Å². The molecule has 1 aliphatic heterocycles. The van der Waals surface area contributed by atoms with Crippen LogP contribution in [0.15, 0.2) is 0 Å². The summed E-state index contributed by atoms with van der Waals surface area (Å²) < 4.78 is 39.3. The Bertz CT molecular complexity index is 483. The molecule has 4 atom stereocenters. The number of nitrogens with zero attached hydrogens (tertiary/aromatic N) is 1. The van der Waals surface area contributed by atoms with Gasteiger partial charge >= 0.3 is 18.2 Å². The molecule has 0 spiro atoms. The summed E-state index contributed by atoms with van der Waals surface area (Å²) in [4.78, 5) is 25.0. The highest BCUT2D eigenvalue weighted by atomic mass is 19.4. The fourth-order valence-electron chi connectivity index (χ4n) is 3.80. The SMILES string of the molecule is CCC(C)C(NC(=O)N1C[C@@H]2CCC[C@@]2(C(=O)O)C1)C(F)(F)F. The molecule has 8 heteroatoms. The fraction of sp³-hybridized carbons (Fsp3) is 0.867. The summed E-state index contributed by atoms with van der Waals surface area (Å²) in [6.07, 6.45) is -2.28. The van der Waals surface area contributed by atoms with Crippen molar-refractivity contribution in [3.05, 3.63) is 0 Å². The number of aliphatic carboxylic acids is 1. The Morgan fingerprint density at radius 2 is 2.09 bits per heavy atom. The second-order valence-corrected chi connectivity index (χ2v) is 6.79. The molecule has 0 aromatic carbocycles. The molecule has 0 radical (unpaired) electrons. The van der Waals surface area contributed by atoms with Gasteiger partial charge < -0.3 is 15.3 Å². The Kier molecular flexibility index (Phi) is 4.82. The number of carbonyl (C=O) groups is 2. The molecule has 0 aromatic heterocycles. The Morgan fingerprint density at radius 3 is 2.57 bits per heavy atom. The van der Waals surface area contributed by atoms with Gasteiger partial charge in [0.05, 0.1) is 5.41 Å². The van der Waals surface area contributed by atoms with Crippen molar-refractivity contribution in [2.45, 2.75) is 51.7 Å². The number of halogens is 3. The minimum absolute atomic E-state index is 0.0100. The second-order valence-electron chi connectivity index (χ2n) is 6.79. The molecule has 0 aromatic rings. The van der Waals surface area contributed by atoms with Crippen molar-refractivity contribution in [1.29, 1.82) is 0 Å². The molecule has 23 heavy (non-hydrogen) atoms. The molecule has 2 fully saturated rings. The summed E-state index contributed by atoms with van der Waals surface area (Å²) in [5.74, 6) is -1.86. The lowest BCUT2D eigenvalue weighted by Gasteiger charge is -2.29. The van der Waals surface area contributed by atoms with Crippen LogP contribution in [0.5, 0.6) is 0 Å². The van der Waals surface area contributed by atoms with Crippen LogP contribution in [0.2, 0.25) is 0 Å². The summed E-state index contributed by atoms with van der Waals surface area (Å²) in [7, 11) is 0. The monoisotopic (exact) mass is 336 g/mol. The number of fused-ring (bicyclic) bond motifs is 1. The van der Waals surface area contributed by atoms with E-state index in [4.69, 9.17) is 0 Å². The number of amides is 2. The van der Waals surface area contributed by atoms with Crippen LogP contribution in [0.25, 0.3) is 0 Å². The average molecular weight is 336 g/mol. The normalized spacial score (nSPS) is 30.0. The number of urea groups is 1. The zero-order valence-corrected chi connectivity index (χ0v) is 13.3. The van der Waals surface area contributed by atoms with Crippen LogP contribution >= 0.6 is 0 Å². The first-order valence-electron chi connectivity index (χ1n) is 7.97. The van der Waals surface area contributed by atoms with E-state index in [1.54, 1.807) is 6.92 Å². The van der Waals surface area contributed by atoms with Gasteiger partial charge in [0.15, 0.2) is 0 Å². The number of carboxylic acids is 1. The predicted octanol–water partition coefficient (Wildman–Crippen LogP) is 2.86. The zero-order valence-electron chi connectivity index (χ0n) is 13.3. The van der Waals surface area contributed by atoms with Gasteiger partial charge in [0, 0.05) is 13.1 Å². The lowest BCUT2D eigenvalue weighted by atomic mass is 9.81. The minimum atomic E-state index is -4.52. The van der Waals surface area contributed by atoms with Crippen LogP contribution in [0.1, 0.15) is 39.5 Å². The van der Waals surface area contributed by atoms with E-state index in [0.29, 0.717) is 12.8 Å². The van der Waals surface area contributed by atoms with Crippen molar-refractivity contribution < 1.29 is 27.9 Å². The van der Waals surface area contributed by atoms with Crippen molar-refractivity contribution in [2.75, 3.05) is 13.1 Å². The molecule has 0 bridgehead atoms. The summed E-state index contributed by atoms with van der Waals surface area (Å²) in [5, 5.41) is 11.5. The molecule has 2 aliphatic rings. The maximum Gasteiger partial charge on any atom is 0.408 e. The Labute approximate surface area is 133 Å². The zero-order chi connectivity index (χ0) is 17.4. The maximum atomic E-state index is 13.1. The van der Waals surface area contributed by atoms with E-state index in [1.165, 1.54) is 11.8 Å². The highest BCUT2D eigenvalue weighted by molar-refractivity contribution is 5.80. The molecule has 1 saturated carbocycles. The van der Waals surface area contributed by atoms with E-state index in [-0.39, 0.29) is 25.4 Å². The topological polar surface area (TPSA) is 69.6 Å². The lowest BCUT2D eigenvalue weighted by molar-refractivity contribution is -0.164. The average Bonchev–Trinajstić information content (AvgIpc) is 3.00. The molecule has 2 N–H and O–H groups in total. The lowest BCUT2D eigenvalue weighted by Crippen LogP contribution is -2.53. The molecule has 1 aliphatic carbocycles. The molecular formula is C15H23F3N2O3. The van der Waals surface area contributed by atoms with E-state index in [1.807, 2.05) is 0 Å². The number of nitrogens with one attached hydrogen (secondary N) is 1. The first kappa shape index (κ1) is 17.9. The predicted molar refractivity (Wildman–Crippen MR) is 76.8 cm³/mol. The van der Waals surface area contributed by atoms with Gasteiger partial charge in [0.2, 0.25) is 0 Å². The number of likely N-dealkylation sites (tertiary alicyclic amines) is 1. The number of alkyl halides is 3. The third-order valence-electron chi connectivity index (χ3n) is 5.43. The Morgan fingerprint density at radius 1 is 1.43 bits per heavy atom. The summed E-state index contributed by atoms with van der Waals surface area (Å²) in [5.41, 5.74) is -0.985. The summed E-state index contributed by atoms with van der Waals surface area (Å²) in [6, 6.07) is -2.73. The number of hydrogen-bond donors (Lipinski definition) is 2. The van der Waals surface area contributed by atoms with E-state index in [2.05, 4.69) is 5.32 Å². The van der Waals surface area contributed by atoms with Crippen LogP contribution in [0.4, 0.5) is 18.0 Å². The second kappa shape index (κ2) is 6.20. The van der Waals surface area contributed by atoms with Gasteiger partial charge in [-0.2, -0.15) is 13.2 Å². The molecule has 1 heterocycles. The van der Waals surface area contributed by atoms with Gasteiger partial charge in [0.25, 0.3) is 0 Å². The quantitative estimate of drug-likeness (QED) is 0.829. The number of carbonyl (C=O) groups excluding carboxylic acids is 1. The number of hydrogen-bond acceptors (Lipinski definition) is 2. The first-order valence-corrected chi connectivity index (χ1v) is 7.97. The smallest absolute Gasteiger partial charge is 0.408 e. The minimum Gasteiger partial charge on any atom is -0.481 e. The number of rotatable bonds is 4. The van der Waals surface area contributed by atoms with Gasteiger partial charge in [-0.05, 0) is 24.7 Å². The Balaban J connectivity index is 2.08. The molecule has 1 saturated heterocycles. The number of carboxylic acid groups (broad SMARTS) is 1. The van der Waals surface area contributed by atoms with Gasteiger partial charge in [-0.3, -0.25) is 4.79 Å². The van der Waals surface area contributed by atoms with Gasteiger partial charge in [-0.15, -0.1) is 0 Å². The first-order chi connectivity index (χ1) is 10.6. The Hall–Kier alpha value is -1.47. The maximum absolute atomic E-state index is 13.1. The molecule has 5 nitrogen and oxygen atoms in total. The van der Waals surface area contributed by atoms with E-state index in [0.717, 1.165) is 6.42 Å². The molecular weight excluding hydrogens is 313 g/mol. The van der Waals surface area contributed by atoms with E-state index >= 15 is 0 Å². The van der Waals surface area contributed by atoms with Crippen molar-refractivity contribution in [3.8, 4) is 0 Å². The van der Waals surface area contributed by atoms with E-state index < -0.39 is 35.6 Å². The van der Waals surface area contributed by atoms with Crippen molar-refractivity contribution in [1.82, 2.24) is 10.2 Å².